The van der Waals surface area contributed by atoms with Crippen LogP contribution in [0.15, 0.2) is 39.7 Å². The van der Waals surface area contributed by atoms with E-state index in [9.17, 15) is 4.79 Å². The van der Waals surface area contributed by atoms with Gasteiger partial charge >= 0.3 is 0 Å². The summed E-state index contributed by atoms with van der Waals surface area (Å²) in [6.07, 6.45) is 0.769. The molecule has 164 valence electrons. The molecule has 0 saturated carbocycles. The van der Waals surface area contributed by atoms with Gasteiger partial charge in [0, 0.05) is 64.7 Å². The molecule has 0 spiro atoms. The summed E-state index contributed by atoms with van der Waals surface area (Å²) in [7, 11) is 1.63. The van der Waals surface area contributed by atoms with Gasteiger partial charge in [-0.25, -0.2) is 0 Å². The zero-order valence-corrected chi connectivity index (χ0v) is 18.0. The van der Waals surface area contributed by atoms with Crippen molar-refractivity contribution in [2.75, 3.05) is 66.1 Å². The third-order valence-corrected chi connectivity index (χ3v) is 5.10. The smallest absolute Gasteiger partial charge is 0.234 e. The Morgan fingerprint density at radius 1 is 1.20 bits per heavy atom. The lowest BCUT2D eigenvalue weighted by molar-refractivity contribution is -0.122. The van der Waals surface area contributed by atoms with Crippen LogP contribution in [0.5, 0.6) is 0 Å². The van der Waals surface area contributed by atoms with Crippen molar-refractivity contribution in [3.63, 3.8) is 0 Å². The van der Waals surface area contributed by atoms with Gasteiger partial charge in [0.05, 0.1) is 13.2 Å². The number of methoxy groups -OCH3 is 1. The van der Waals surface area contributed by atoms with Crippen LogP contribution in [0.1, 0.15) is 12.7 Å². The number of furan rings is 1. The van der Waals surface area contributed by atoms with Crippen molar-refractivity contribution in [1.29, 1.82) is 0 Å². The second kappa shape index (κ2) is 11.6. The van der Waals surface area contributed by atoms with Gasteiger partial charge in [-0.05, 0) is 19.1 Å². The highest BCUT2D eigenvalue weighted by atomic mass is 16.5. The van der Waals surface area contributed by atoms with Gasteiger partial charge in [-0.15, -0.1) is 0 Å². The number of nitrogens with one attached hydrogen (secondary N) is 2. The Labute approximate surface area is 178 Å². The lowest BCUT2D eigenvalue weighted by Crippen LogP contribution is -2.54. The predicted octanol–water partition coefficient (Wildman–Crippen LogP) is 1.32. The highest BCUT2D eigenvalue weighted by Crippen LogP contribution is 2.19. The van der Waals surface area contributed by atoms with Crippen LogP contribution < -0.4 is 10.6 Å². The van der Waals surface area contributed by atoms with Crippen molar-refractivity contribution in [2.45, 2.75) is 13.3 Å². The molecule has 1 aromatic heterocycles. The molecule has 1 saturated heterocycles. The molecule has 8 heteroatoms. The molecular weight excluding hydrogens is 382 g/mol. The second-order valence-corrected chi connectivity index (χ2v) is 7.34. The summed E-state index contributed by atoms with van der Waals surface area (Å²) in [5.41, 5.74) is 0.922. The third-order valence-electron chi connectivity index (χ3n) is 5.10. The lowest BCUT2D eigenvalue weighted by atomic mass is 10.2. The maximum absolute atomic E-state index is 12.0. The number of piperazine rings is 1. The van der Waals surface area contributed by atoms with Crippen LogP contribution in [-0.2, 0) is 16.0 Å². The summed E-state index contributed by atoms with van der Waals surface area (Å²) in [5, 5.41) is 7.39. The van der Waals surface area contributed by atoms with Crippen molar-refractivity contribution in [1.82, 2.24) is 20.4 Å². The van der Waals surface area contributed by atoms with E-state index < -0.39 is 0 Å². The van der Waals surface area contributed by atoms with E-state index in [1.54, 1.807) is 7.11 Å². The van der Waals surface area contributed by atoms with Crippen molar-refractivity contribution in [3.05, 3.63) is 36.1 Å². The van der Waals surface area contributed by atoms with Gasteiger partial charge in [0.15, 0.2) is 5.96 Å². The predicted molar refractivity (Wildman–Crippen MR) is 119 cm³/mol. The summed E-state index contributed by atoms with van der Waals surface area (Å²) in [5.74, 6) is 1.94. The first kappa shape index (κ1) is 22.1. The first-order valence-electron chi connectivity index (χ1n) is 10.7. The topological polar surface area (TPSA) is 82.3 Å². The van der Waals surface area contributed by atoms with Crippen LogP contribution >= 0.6 is 0 Å². The fraction of sp³-hybridized carbons (Fsp3) is 0.545. The Hall–Kier alpha value is -2.58. The summed E-state index contributed by atoms with van der Waals surface area (Å²) >= 11 is 0. The van der Waals surface area contributed by atoms with Gasteiger partial charge < -0.3 is 24.7 Å². The molecule has 2 N–H and O–H groups in total. The molecule has 30 heavy (non-hydrogen) atoms. The number of rotatable bonds is 9. The van der Waals surface area contributed by atoms with E-state index in [1.807, 2.05) is 18.2 Å². The maximum Gasteiger partial charge on any atom is 0.234 e. The zero-order valence-electron chi connectivity index (χ0n) is 18.0. The first-order valence-corrected chi connectivity index (χ1v) is 10.7. The molecule has 2 aromatic rings. The summed E-state index contributed by atoms with van der Waals surface area (Å²) in [6.45, 7) is 8.47. The SMILES string of the molecule is CCNC(=NCCc1cc2ccccc2o1)N1CCN(CC(=O)NCCOC)CC1. The van der Waals surface area contributed by atoms with E-state index in [0.717, 1.165) is 61.8 Å². The quantitative estimate of drug-likeness (QED) is 0.365. The normalized spacial score (nSPS) is 15.5. The van der Waals surface area contributed by atoms with Crippen LogP contribution in [0.3, 0.4) is 0 Å². The number of hydrogen-bond donors (Lipinski definition) is 2. The fourth-order valence-electron chi connectivity index (χ4n) is 3.53. The molecule has 0 atom stereocenters. The number of benzene rings is 1. The van der Waals surface area contributed by atoms with Crippen molar-refractivity contribution < 1.29 is 13.9 Å². The number of carbonyl (C=O) groups is 1. The standard InChI is InChI=1S/C22H33N5O3/c1-3-23-22(25-9-8-19-16-18-6-4-5-7-20(18)30-19)27-13-11-26(12-14-27)17-21(28)24-10-15-29-2/h4-7,16H,3,8-15,17H2,1-2H3,(H,23,25)(H,24,28). The molecule has 0 bridgehead atoms. The van der Waals surface area contributed by atoms with Crippen molar-refractivity contribution >= 4 is 22.8 Å². The molecular formula is C22H33N5O3. The molecule has 0 unspecified atom stereocenters. The number of aliphatic imine (C=N–C) groups is 1. The molecule has 8 nitrogen and oxygen atoms in total. The largest absolute Gasteiger partial charge is 0.461 e. The van der Waals surface area contributed by atoms with E-state index in [4.69, 9.17) is 14.1 Å². The minimum Gasteiger partial charge on any atom is -0.461 e. The molecule has 1 aliphatic rings. The van der Waals surface area contributed by atoms with Crippen molar-refractivity contribution in [3.8, 4) is 0 Å². The molecule has 1 amide bonds. The minimum atomic E-state index is 0.0481. The van der Waals surface area contributed by atoms with E-state index in [1.165, 1.54) is 0 Å². The number of para-hydroxylation sites is 1. The Morgan fingerprint density at radius 3 is 2.73 bits per heavy atom. The maximum atomic E-state index is 12.0. The van der Waals surface area contributed by atoms with E-state index in [2.05, 4.69) is 39.5 Å². The average molecular weight is 416 g/mol. The van der Waals surface area contributed by atoms with Crippen LogP contribution in [0, 0.1) is 0 Å². The fourth-order valence-corrected chi connectivity index (χ4v) is 3.53. The van der Waals surface area contributed by atoms with E-state index in [0.29, 0.717) is 26.2 Å². The zero-order chi connectivity index (χ0) is 21.2. The monoisotopic (exact) mass is 415 g/mol. The van der Waals surface area contributed by atoms with Gasteiger partial charge in [0.25, 0.3) is 0 Å². The molecule has 1 aromatic carbocycles. The highest BCUT2D eigenvalue weighted by Gasteiger charge is 2.21. The first-order chi connectivity index (χ1) is 14.7. The Bertz CT molecular complexity index is 794. The van der Waals surface area contributed by atoms with Gasteiger partial charge in [0.1, 0.15) is 11.3 Å². The molecule has 0 radical (unpaired) electrons. The van der Waals surface area contributed by atoms with Gasteiger partial charge in [-0.1, -0.05) is 18.2 Å². The highest BCUT2D eigenvalue weighted by molar-refractivity contribution is 5.80. The molecule has 3 rings (SSSR count). The Kier molecular flexibility index (Phi) is 8.53. The number of carbonyl (C=O) groups excluding carboxylic acids is 1. The molecule has 0 aliphatic carbocycles. The number of hydrogen-bond acceptors (Lipinski definition) is 5. The third kappa shape index (κ3) is 6.47. The number of nitrogens with zero attached hydrogens (tertiary/aromatic N) is 3. The number of fused-ring (bicyclic) bond motifs is 1. The Morgan fingerprint density at radius 2 is 2.00 bits per heavy atom. The van der Waals surface area contributed by atoms with Crippen LogP contribution in [0.25, 0.3) is 11.0 Å². The summed E-state index contributed by atoms with van der Waals surface area (Å²) in [4.78, 5) is 21.2. The van der Waals surface area contributed by atoms with E-state index in [-0.39, 0.29) is 5.91 Å². The van der Waals surface area contributed by atoms with Crippen LogP contribution in [0.2, 0.25) is 0 Å². The van der Waals surface area contributed by atoms with Gasteiger partial charge in [0.2, 0.25) is 5.91 Å². The number of guanidine groups is 1. The van der Waals surface area contributed by atoms with E-state index >= 15 is 0 Å². The Balaban J connectivity index is 1.47. The van der Waals surface area contributed by atoms with Gasteiger partial charge in [-0.3, -0.25) is 14.7 Å². The van der Waals surface area contributed by atoms with Crippen LogP contribution in [-0.4, -0.2) is 87.7 Å². The second-order valence-electron chi connectivity index (χ2n) is 7.34. The average Bonchev–Trinajstić information content (AvgIpc) is 3.17. The summed E-state index contributed by atoms with van der Waals surface area (Å²) < 4.78 is 10.8. The number of ether oxygens (including phenoxy) is 1. The minimum absolute atomic E-state index is 0.0481. The molecule has 1 aliphatic heterocycles. The van der Waals surface area contributed by atoms with Crippen LogP contribution in [0.4, 0.5) is 0 Å². The van der Waals surface area contributed by atoms with Gasteiger partial charge in [-0.2, -0.15) is 0 Å². The molecule has 2 heterocycles. The number of amides is 1. The molecule has 1 fully saturated rings. The lowest BCUT2D eigenvalue weighted by Gasteiger charge is -2.36. The summed E-state index contributed by atoms with van der Waals surface area (Å²) in [6, 6.07) is 10.1. The van der Waals surface area contributed by atoms with Crippen molar-refractivity contribution in [2.24, 2.45) is 4.99 Å².